The van der Waals surface area contributed by atoms with Crippen molar-refractivity contribution in [2.45, 2.75) is 13.0 Å². The topological polar surface area (TPSA) is 114 Å². The minimum Gasteiger partial charge on any atom is -0.485 e. The van der Waals surface area contributed by atoms with Crippen molar-refractivity contribution in [3.05, 3.63) is 84.6 Å². The number of hydrogen-bond donors (Lipinski definition) is 1. The minimum atomic E-state index is -0.541. The number of ether oxygens (including phenoxy) is 2. The zero-order valence-corrected chi connectivity index (χ0v) is 17.2. The number of benzene rings is 2. The predicted molar refractivity (Wildman–Crippen MR) is 117 cm³/mol. The number of primary amides is 1. The van der Waals surface area contributed by atoms with Crippen molar-refractivity contribution in [1.82, 2.24) is 10.1 Å². The average molecular weight is 431 g/mol. The molecular weight excluding hydrogens is 410 g/mol. The van der Waals surface area contributed by atoms with Gasteiger partial charge in [0.25, 0.3) is 11.8 Å². The number of aromatic nitrogens is 2. The molecule has 4 rings (SSSR count). The van der Waals surface area contributed by atoms with Crippen LogP contribution in [0.4, 0.5) is 0 Å². The Morgan fingerprint density at radius 2 is 1.88 bits per heavy atom. The highest BCUT2D eigenvalue weighted by molar-refractivity contribution is 5.75. The van der Waals surface area contributed by atoms with E-state index in [0.29, 0.717) is 23.1 Å². The van der Waals surface area contributed by atoms with Gasteiger partial charge in [0.1, 0.15) is 23.9 Å². The maximum absolute atomic E-state index is 10.8. The fraction of sp³-hybridized carbons (Fsp3) is 0.125. The van der Waals surface area contributed by atoms with Crippen molar-refractivity contribution >= 4 is 5.91 Å². The molecule has 0 saturated heterocycles. The van der Waals surface area contributed by atoms with E-state index >= 15 is 0 Å². The maximum Gasteiger partial charge on any atom is 0.293 e. The van der Waals surface area contributed by atoms with E-state index in [1.807, 2.05) is 30.3 Å². The third kappa shape index (κ3) is 5.04. The highest BCUT2D eigenvalue weighted by atomic mass is 16.5. The van der Waals surface area contributed by atoms with Gasteiger partial charge in [0.05, 0.1) is 0 Å². The molecule has 0 atom stereocenters. The lowest BCUT2D eigenvalue weighted by atomic mass is 10.1. The molecule has 2 N–H and O–H groups in total. The van der Waals surface area contributed by atoms with Gasteiger partial charge < -0.3 is 24.1 Å². The van der Waals surface area contributed by atoms with Crippen LogP contribution >= 0.6 is 0 Å². The summed E-state index contributed by atoms with van der Waals surface area (Å²) < 4.78 is 22.3. The Kier molecular flexibility index (Phi) is 6.31. The number of carbonyl (C=O) groups is 1. The Morgan fingerprint density at radius 1 is 1.06 bits per heavy atom. The maximum atomic E-state index is 10.8. The number of para-hydroxylation sites is 1. The van der Waals surface area contributed by atoms with Gasteiger partial charge in [0.15, 0.2) is 12.4 Å². The molecule has 0 aliphatic carbocycles. The monoisotopic (exact) mass is 431 g/mol. The van der Waals surface area contributed by atoms with Crippen molar-refractivity contribution in [2.75, 3.05) is 6.61 Å². The van der Waals surface area contributed by atoms with Gasteiger partial charge in [-0.05, 0) is 54.4 Å². The zero-order chi connectivity index (χ0) is 22.3. The number of allylic oxidation sites excluding steroid dienone is 1. The first kappa shape index (κ1) is 20.9. The molecule has 0 fully saturated rings. The number of rotatable bonds is 10. The minimum absolute atomic E-state index is 0.184. The van der Waals surface area contributed by atoms with Gasteiger partial charge in [-0.3, -0.25) is 4.79 Å². The van der Waals surface area contributed by atoms with E-state index in [1.165, 1.54) is 0 Å². The van der Waals surface area contributed by atoms with Gasteiger partial charge in [-0.15, -0.1) is 6.58 Å². The van der Waals surface area contributed by atoms with E-state index < -0.39 is 5.91 Å². The third-order valence-electron chi connectivity index (χ3n) is 4.50. The Balaban J connectivity index is 1.41. The van der Waals surface area contributed by atoms with Gasteiger partial charge in [0.2, 0.25) is 5.82 Å². The molecule has 0 bridgehead atoms. The van der Waals surface area contributed by atoms with Crippen LogP contribution in [0.2, 0.25) is 0 Å². The largest absolute Gasteiger partial charge is 0.485 e. The van der Waals surface area contributed by atoms with Crippen LogP contribution in [0.3, 0.4) is 0 Å². The first-order valence-electron chi connectivity index (χ1n) is 9.88. The molecule has 32 heavy (non-hydrogen) atoms. The summed E-state index contributed by atoms with van der Waals surface area (Å²) in [7, 11) is 0. The molecule has 8 nitrogen and oxygen atoms in total. The predicted octanol–water partition coefficient (Wildman–Crippen LogP) is 4.17. The summed E-state index contributed by atoms with van der Waals surface area (Å²) in [5.41, 5.74) is 6.85. The summed E-state index contributed by atoms with van der Waals surface area (Å²) in [6.07, 6.45) is 2.56. The molecule has 4 aromatic rings. The Morgan fingerprint density at radius 3 is 2.66 bits per heavy atom. The van der Waals surface area contributed by atoms with Crippen LogP contribution in [0.25, 0.3) is 23.0 Å². The van der Waals surface area contributed by atoms with E-state index in [2.05, 4.69) is 16.7 Å². The van der Waals surface area contributed by atoms with Crippen molar-refractivity contribution in [1.29, 1.82) is 0 Å². The lowest BCUT2D eigenvalue weighted by Crippen LogP contribution is -2.19. The second-order valence-corrected chi connectivity index (χ2v) is 6.86. The molecule has 0 unspecified atom stereocenters. The number of nitrogens with two attached hydrogens (primary N) is 1. The molecule has 0 radical (unpaired) electrons. The molecule has 2 aromatic carbocycles. The molecular formula is C24H21N3O5. The van der Waals surface area contributed by atoms with Crippen LogP contribution in [0, 0.1) is 0 Å². The first-order valence-corrected chi connectivity index (χ1v) is 9.88. The van der Waals surface area contributed by atoms with E-state index in [-0.39, 0.29) is 19.1 Å². The van der Waals surface area contributed by atoms with Gasteiger partial charge in [-0.25, -0.2) is 0 Å². The van der Waals surface area contributed by atoms with Crippen LogP contribution in [-0.4, -0.2) is 22.7 Å². The molecule has 0 spiro atoms. The van der Waals surface area contributed by atoms with E-state index in [0.717, 1.165) is 23.3 Å². The molecule has 162 valence electrons. The number of amides is 1. The fourth-order valence-electron chi connectivity index (χ4n) is 2.98. The summed E-state index contributed by atoms with van der Waals surface area (Å²) >= 11 is 0. The van der Waals surface area contributed by atoms with Crippen LogP contribution in [0.1, 0.15) is 11.3 Å². The number of hydrogen-bond acceptors (Lipinski definition) is 7. The van der Waals surface area contributed by atoms with E-state index in [9.17, 15) is 4.79 Å². The summed E-state index contributed by atoms with van der Waals surface area (Å²) in [5.74, 6) is 2.49. The normalized spacial score (nSPS) is 10.6. The second kappa shape index (κ2) is 9.65. The van der Waals surface area contributed by atoms with Crippen LogP contribution < -0.4 is 15.2 Å². The lowest BCUT2D eigenvalue weighted by molar-refractivity contribution is -0.119. The molecule has 2 aromatic heterocycles. The lowest BCUT2D eigenvalue weighted by Gasteiger charge is -2.08. The number of carbonyl (C=O) groups excluding carboxylic acids is 1. The molecule has 0 saturated carbocycles. The van der Waals surface area contributed by atoms with Gasteiger partial charge >= 0.3 is 0 Å². The van der Waals surface area contributed by atoms with Crippen LogP contribution in [0.5, 0.6) is 11.5 Å². The quantitative estimate of drug-likeness (QED) is 0.375. The molecule has 0 aliphatic rings. The SMILES string of the molecule is C=CCc1ccccc1OCc1ccc(-c2nc(-c3ccc(OCC(N)=O)cc3)no2)o1. The van der Waals surface area contributed by atoms with Gasteiger partial charge in [-0.1, -0.05) is 29.4 Å². The Bertz CT molecular complexity index is 1210. The summed E-state index contributed by atoms with van der Waals surface area (Å²) in [6.45, 7) is 3.86. The van der Waals surface area contributed by atoms with Crippen molar-refractivity contribution < 1.29 is 23.2 Å². The second-order valence-electron chi connectivity index (χ2n) is 6.86. The highest BCUT2D eigenvalue weighted by Crippen LogP contribution is 2.26. The Labute approximate surface area is 184 Å². The van der Waals surface area contributed by atoms with Gasteiger partial charge in [-0.2, -0.15) is 4.98 Å². The smallest absolute Gasteiger partial charge is 0.293 e. The van der Waals surface area contributed by atoms with Crippen molar-refractivity contribution in [2.24, 2.45) is 5.73 Å². The molecule has 0 aliphatic heterocycles. The van der Waals surface area contributed by atoms with Gasteiger partial charge in [0, 0.05) is 5.56 Å². The van der Waals surface area contributed by atoms with Crippen molar-refractivity contribution in [3.63, 3.8) is 0 Å². The summed E-state index contributed by atoms with van der Waals surface area (Å²) in [4.78, 5) is 15.2. The molecule has 1 amide bonds. The first-order chi connectivity index (χ1) is 15.6. The molecule has 8 heteroatoms. The van der Waals surface area contributed by atoms with Crippen LogP contribution in [-0.2, 0) is 17.8 Å². The summed E-state index contributed by atoms with van der Waals surface area (Å²) in [6, 6.07) is 18.3. The zero-order valence-electron chi connectivity index (χ0n) is 17.2. The number of nitrogens with zero attached hydrogens (tertiary/aromatic N) is 2. The molecule has 2 heterocycles. The summed E-state index contributed by atoms with van der Waals surface area (Å²) in [5, 5.41) is 4.00. The Hall–Kier alpha value is -4.33. The standard InChI is InChI=1S/C24H21N3O5/c1-2-5-16-6-3-4-7-20(16)30-14-19-12-13-21(31-19)24-26-23(27-32-24)17-8-10-18(11-9-17)29-15-22(25)28/h2-4,6-13H,1,5,14-15H2,(H2,25,28). The fourth-order valence-corrected chi connectivity index (χ4v) is 2.98. The van der Waals surface area contributed by atoms with E-state index in [4.69, 9.17) is 24.1 Å². The highest BCUT2D eigenvalue weighted by Gasteiger charge is 2.15. The van der Waals surface area contributed by atoms with Crippen molar-refractivity contribution in [3.8, 4) is 34.5 Å². The van der Waals surface area contributed by atoms with Crippen LogP contribution in [0.15, 0.2) is 82.3 Å². The third-order valence-corrected chi connectivity index (χ3v) is 4.50. The van der Waals surface area contributed by atoms with E-state index in [1.54, 1.807) is 36.4 Å². The average Bonchev–Trinajstić information content (AvgIpc) is 3.47. The number of furan rings is 1.